The second kappa shape index (κ2) is 6.02. The van der Waals surface area contributed by atoms with Crippen LogP contribution in [0.25, 0.3) is 0 Å². The van der Waals surface area contributed by atoms with Gasteiger partial charge in [-0.25, -0.2) is 0 Å². The number of carbonyl (C=O) groups is 1. The minimum absolute atomic E-state index is 0.0950. The lowest BCUT2D eigenvalue weighted by atomic mass is 9.94. The van der Waals surface area contributed by atoms with Crippen LogP contribution in [0.2, 0.25) is 5.02 Å². The normalized spacial score (nSPS) is 11.0. The van der Waals surface area contributed by atoms with Gasteiger partial charge in [0.25, 0.3) is 0 Å². The summed E-state index contributed by atoms with van der Waals surface area (Å²) in [6.07, 6.45) is 1.05. The fourth-order valence-electron chi connectivity index (χ4n) is 2.87. The molecule has 21 heavy (non-hydrogen) atoms. The lowest BCUT2D eigenvalue weighted by Gasteiger charge is -2.10. The van der Waals surface area contributed by atoms with Crippen molar-refractivity contribution < 1.29 is 4.79 Å². The maximum atomic E-state index is 12.7. The summed E-state index contributed by atoms with van der Waals surface area (Å²) in [5.41, 5.74) is 5.65. The second-order valence-electron chi connectivity index (χ2n) is 5.56. The van der Waals surface area contributed by atoms with Crippen LogP contribution in [0, 0.1) is 20.8 Å². The minimum Gasteiger partial charge on any atom is -0.294 e. The van der Waals surface area contributed by atoms with Gasteiger partial charge in [0.15, 0.2) is 5.78 Å². The van der Waals surface area contributed by atoms with Crippen molar-refractivity contribution in [3.05, 3.63) is 50.8 Å². The molecule has 0 amide bonds. The van der Waals surface area contributed by atoms with Crippen LogP contribution >= 0.6 is 11.6 Å². The molecule has 0 aliphatic heterocycles. The van der Waals surface area contributed by atoms with Crippen molar-refractivity contribution in [2.45, 2.75) is 40.5 Å². The van der Waals surface area contributed by atoms with Gasteiger partial charge in [-0.1, -0.05) is 36.2 Å². The summed E-state index contributed by atoms with van der Waals surface area (Å²) in [6.45, 7) is 8.01. The Hall–Kier alpha value is -1.61. The summed E-state index contributed by atoms with van der Waals surface area (Å²) >= 11 is 6.33. The molecular formula is C17H21ClN2O. The van der Waals surface area contributed by atoms with Gasteiger partial charge in [0.2, 0.25) is 0 Å². The molecule has 0 radical (unpaired) electrons. The third kappa shape index (κ3) is 3.03. The van der Waals surface area contributed by atoms with Crippen molar-refractivity contribution in [3.8, 4) is 0 Å². The van der Waals surface area contributed by atoms with E-state index in [1.807, 2.05) is 46.9 Å². The molecule has 0 atom stereocenters. The van der Waals surface area contributed by atoms with Crippen LogP contribution in [-0.2, 0) is 19.9 Å². The molecule has 2 aromatic rings. The summed E-state index contributed by atoms with van der Waals surface area (Å²) in [7, 11) is 1.84. The first-order valence-electron chi connectivity index (χ1n) is 7.16. The van der Waals surface area contributed by atoms with Crippen molar-refractivity contribution in [3.63, 3.8) is 0 Å². The Balaban J connectivity index is 2.37. The monoisotopic (exact) mass is 304 g/mol. The van der Waals surface area contributed by atoms with Crippen molar-refractivity contribution in [1.29, 1.82) is 0 Å². The molecule has 112 valence electrons. The topological polar surface area (TPSA) is 34.9 Å². The molecule has 1 aromatic carbocycles. The van der Waals surface area contributed by atoms with E-state index in [0.29, 0.717) is 5.02 Å². The summed E-state index contributed by atoms with van der Waals surface area (Å²) in [5.74, 6) is 0.0950. The SMILES string of the molecule is CCc1nn(C)c(CC(=O)c2c(C)cc(C)cc2C)c1Cl. The van der Waals surface area contributed by atoms with Crippen LogP contribution in [0.5, 0.6) is 0 Å². The fraction of sp³-hybridized carbons (Fsp3) is 0.412. The summed E-state index contributed by atoms with van der Waals surface area (Å²) in [4.78, 5) is 12.7. The zero-order chi connectivity index (χ0) is 15.7. The van der Waals surface area contributed by atoms with Crippen molar-refractivity contribution >= 4 is 17.4 Å². The lowest BCUT2D eigenvalue weighted by Crippen LogP contribution is -2.11. The zero-order valence-corrected chi connectivity index (χ0v) is 14.0. The lowest BCUT2D eigenvalue weighted by molar-refractivity contribution is 0.0989. The summed E-state index contributed by atoms with van der Waals surface area (Å²) in [6, 6.07) is 4.09. The maximum absolute atomic E-state index is 12.7. The maximum Gasteiger partial charge on any atom is 0.169 e. The first-order valence-corrected chi connectivity index (χ1v) is 7.54. The first-order chi connectivity index (χ1) is 9.85. The molecule has 0 N–H and O–H groups in total. The summed E-state index contributed by atoms with van der Waals surface area (Å²) in [5, 5.41) is 4.99. The third-order valence-corrected chi connectivity index (χ3v) is 4.22. The Kier molecular flexibility index (Phi) is 4.52. The number of benzene rings is 1. The smallest absolute Gasteiger partial charge is 0.169 e. The number of aryl methyl sites for hydroxylation is 5. The summed E-state index contributed by atoms with van der Waals surface area (Å²) < 4.78 is 1.72. The van der Waals surface area contributed by atoms with E-state index in [-0.39, 0.29) is 12.2 Å². The number of hydrogen-bond donors (Lipinski definition) is 0. The molecule has 0 spiro atoms. The Morgan fingerprint density at radius 1 is 1.24 bits per heavy atom. The number of Topliss-reactive ketones (excluding diaryl/α,β-unsaturated/α-hetero) is 1. The van der Waals surface area contributed by atoms with E-state index in [1.54, 1.807) is 4.68 Å². The van der Waals surface area contributed by atoms with Crippen molar-refractivity contribution in [1.82, 2.24) is 9.78 Å². The molecule has 0 fully saturated rings. The van der Waals surface area contributed by atoms with E-state index >= 15 is 0 Å². The average Bonchev–Trinajstić information content (AvgIpc) is 2.65. The molecule has 0 aliphatic rings. The van der Waals surface area contributed by atoms with Gasteiger partial charge < -0.3 is 0 Å². The highest BCUT2D eigenvalue weighted by Crippen LogP contribution is 2.24. The Labute approximate surface area is 130 Å². The van der Waals surface area contributed by atoms with E-state index < -0.39 is 0 Å². The van der Waals surface area contributed by atoms with Gasteiger partial charge in [-0.2, -0.15) is 5.10 Å². The number of carbonyl (C=O) groups excluding carboxylic acids is 1. The number of aromatic nitrogens is 2. The Morgan fingerprint density at radius 3 is 2.29 bits per heavy atom. The molecule has 0 saturated heterocycles. The molecule has 4 heteroatoms. The van der Waals surface area contributed by atoms with Crippen LogP contribution in [0.3, 0.4) is 0 Å². The van der Waals surface area contributed by atoms with E-state index in [0.717, 1.165) is 34.5 Å². The van der Waals surface area contributed by atoms with Crippen LogP contribution in [0.15, 0.2) is 12.1 Å². The molecular weight excluding hydrogens is 284 g/mol. The standard InChI is InChI=1S/C17H21ClN2O/c1-6-13-17(18)14(20(5)19-13)9-15(21)16-11(3)7-10(2)8-12(16)4/h7-8H,6,9H2,1-5H3. The minimum atomic E-state index is 0.0950. The van der Waals surface area contributed by atoms with E-state index in [1.165, 1.54) is 5.56 Å². The van der Waals surface area contributed by atoms with Crippen LogP contribution in [0.1, 0.15) is 45.4 Å². The van der Waals surface area contributed by atoms with Gasteiger partial charge in [-0.05, 0) is 38.3 Å². The van der Waals surface area contributed by atoms with E-state index in [2.05, 4.69) is 5.10 Å². The van der Waals surface area contributed by atoms with Crippen LogP contribution < -0.4 is 0 Å². The predicted molar refractivity (Wildman–Crippen MR) is 86.3 cm³/mol. The average molecular weight is 305 g/mol. The largest absolute Gasteiger partial charge is 0.294 e. The van der Waals surface area contributed by atoms with Gasteiger partial charge in [0, 0.05) is 12.6 Å². The molecule has 0 saturated carbocycles. The van der Waals surface area contributed by atoms with Crippen molar-refractivity contribution in [2.75, 3.05) is 0 Å². The van der Waals surface area contributed by atoms with Gasteiger partial charge in [0.1, 0.15) is 0 Å². The molecule has 1 aromatic heterocycles. The molecule has 1 heterocycles. The number of hydrogen-bond acceptors (Lipinski definition) is 2. The second-order valence-corrected chi connectivity index (χ2v) is 5.94. The highest BCUT2D eigenvalue weighted by atomic mass is 35.5. The van der Waals surface area contributed by atoms with Crippen LogP contribution in [0.4, 0.5) is 0 Å². The fourth-order valence-corrected chi connectivity index (χ4v) is 3.23. The molecule has 2 rings (SSSR count). The van der Waals surface area contributed by atoms with E-state index in [4.69, 9.17) is 11.6 Å². The number of nitrogens with zero attached hydrogens (tertiary/aromatic N) is 2. The van der Waals surface area contributed by atoms with E-state index in [9.17, 15) is 4.79 Å². The number of ketones is 1. The first kappa shape index (κ1) is 15.8. The Bertz CT molecular complexity index is 678. The predicted octanol–water partition coefficient (Wildman–Crippen LogP) is 3.99. The number of halogens is 1. The van der Waals surface area contributed by atoms with Crippen LogP contribution in [-0.4, -0.2) is 15.6 Å². The highest BCUT2D eigenvalue weighted by Gasteiger charge is 2.19. The third-order valence-electron chi connectivity index (χ3n) is 3.79. The van der Waals surface area contributed by atoms with Gasteiger partial charge in [0.05, 0.1) is 22.8 Å². The quantitative estimate of drug-likeness (QED) is 0.801. The number of rotatable bonds is 4. The Morgan fingerprint density at radius 2 is 1.81 bits per heavy atom. The van der Waals surface area contributed by atoms with Crippen molar-refractivity contribution in [2.24, 2.45) is 7.05 Å². The van der Waals surface area contributed by atoms with Gasteiger partial charge >= 0.3 is 0 Å². The highest BCUT2D eigenvalue weighted by molar-refractivity contribution is 6.32. The zero-order valence-electron chi connectivity index (χ0n) is 13.2. The molecule has 3 nitrogen and oxygen atoms in total. The molecule has 0 unspecified atom stereocenters. The molecule has 0 aliphatic carbocycles. The van der Waals surface area contributed by atoms with Gasteiger partial charge in [-0.3, -0.25) is 9.48 Å². The molecule has 0 bridgehead atoms. The van der Waals surface area contributed by atoms with Gasteiger partial charge in [-0.15, -0.1) is 0 Å².